The molecule has 33 heavy (non-hydrogen) atoms. The fourth-order valence-corrected chi connectivity index (χ4v) is 4.82. The van der Waals surface area contributed by atoms with Gasteiger partial charge in [0.25, 0.3) is 0 Å². The molecule has 0 saturated heterocycles. The topological polar surface area (TPSA) is 30.7 Å². The first-order valence-electron chi connectivity index (χ1n) is 10.1. The maximum absolute atomic E-state index is 13.5. The molecule has 1 heterocycles. The Bertz CT molecular complexity index is 1230. The SMILES string of the molecule is CC.Fc1ccc(-n2c(Cc3ccc(Cl)c(Cl)c3)nnc2SCc2ccc(Cl)cc2Cl)cc1. The van der Waals surface area contributed by atoms with Gasteiger partial charge in [0.2, 0.25) is 0 Å². The fraction of sp³-hybridized carbons (Fsp3) is 0.167. The zero-order valence-corrected chi connectivity index (χ0v) is 21.7. The van der Waals surface area contributed by atoms with Crippen LogP contribution in [0.3, 0.4) is 0 Å². The summed E-state index contributed by atoms with van der Waals surface area (Å²) in [5.41, 5.74) is 2.62. The average Bonchev–Trinajstić information content (AvgIpc) is 3.20. The average molecular weight is 543 g/mol. The van der Waals surface area contributed by atoms with Crippen molar-refractivity contribution in [3.63, 3.8) is 0 Å². The highest BCUT2D eigenvalue weighted by atomic mass is 35.5. The molecule has 1 aromatic heterocycles. The smallest absolute Gasteiger partial charge is 0.196 e. The van der Waals surface area contributed by atoms with Crippen LogP contribution in [0.15, 0.2) is 65.8 Å². The molecule has 0 amide bonds. The highest BCUT2D eigenvalue weighted by Crippen LogP contribution is 2.31. The molecule has 0 N–H and O–H groups in total. The maximum Gasteiger partial charge on any atom is 0.196 e. The van der Waals surface area contributed by atoms with Crippen LogP contribution in [-0.4, -0.2) is 14.8 Å². The first kappa shape index (κ1) is 25.9. The number of hydrogen-bond donors (Lipinski definition) is 0. The predicted octanol–water partition coefficient (Wildman–Crippen LogP) is 8.93. The van der Waals surface area contributed by atoms with Gasteiger partial charge in [0.05, 0.1) is 10.0 Å². The van der Waals surface area contributed by atoms with E-state index in [-0.39, 0.29) is 5.82 Å². The van der Waals surface area contributed by atoms with Crippen molar-refractivity contribution in [3.05, 3.63) is 104 Å². The molecule has 0 unspecified atom stereocenters. The fourth-order valence-electron chi connectivity index (χ4n) is 2.97. The normalized spacial score (nSPS) is 10.6. The Hall–Kier alpha value is -1.76. The van der Waals surface area contributed by atoms with Gasteiger partial charge in [0.1, 0.15) is 11.6 Å². The van der Waals surface area contributed by atoms with E-state index in [4.69, 9.17) is 46.4 Å². The number of hydrogen-bond acceptors (Lipinski definition) is 3. The Morgan fingerprint density at radius 3 is 2.21 bits per heavy atom. The van der Waals surface area contributed by atoms with E-state index in [0.717, 1.165) is 16.8 Å². The summed E-state index contributed by atoms with van der Waals surface area (Å²) >= 11 is 26.0. The van der Waals surface area contributed by atoms with E-state index in [1.54, 1.807) is 36.4 Å². The third-order valence-corrected chi connectivity index (χ3v) is 6.81. The molecule has 172 valence electrons. The molecule has 0 spiro atoms. The van der Waals surface area contributed by atoms with E-state index < -0.39 is 0 Å². The van der Waals surface area contributed by atoms with Gasteiger partial charge in [-0.05, 0) is 59.7 Å². The molecule has 0 aliphatic heterocycles. The molecule has 0 aliphatic carbocycles. The van der Waals surface area contributed by atoms with E-state index in [9.17, 15) is 4.39 Å². The lowest BCUT2D eigenvalue weighted by Gasteiger charge is -2.11. The maximum atomic E-state index is 13.5. The standard InChI is InChI=1S/C22H14Cl4FN3S.C2H6/c23-15-3-2-14(19(25)11-15)12-31-22-29-28-21(10-13-1-8-18(24)20(26)9-13)30(22)17-6-4-16(27)5-7-17;1-2/h1-9,11H,10,12H2;1-2H3. The second-order valence-electron chi connectivity index (χ2n) is 6.66. The summed E-state index contributed by atoms with van der Waals surface area (Å²) in [6, 6.07) is 17.0. The number of nitrogens with zero attached hydrogens (tertiary/aromatic N) is 3. The Balaban J connectivity index is 0.00000149. The molecule has 0 saturated carbocycles. The first-order valence-corrected chi connectivity index (χ1v) is 12.6. The molecule has 9 heteroatoms. The minimum absolute atomic E-state index is 0.315. The van der Waals surface area contributed by atoms with Crippen LogP contribution in [0.1, 0.15) is 30.8 Å². The lowest BCUT2D eigenvalue weighted by molar-refractivity contribution is 0.627. The predicted molar refractivity (Wildman–Crippen MR) is 138 cm³/mol. The molecule has 3 nitrogen and oxygen atoms in total. The van der Waals surface area contributed by atoms with E-state index >= 15 is 0 Å². The molecule has 0 atom stereocenters. The van der Waals surface area contributed by atoms with Crippen molar-refractivity contribution in [1.29, 1.82) is 0 Å². The van der Waals surface area contributed by atoms with Crippen LogP contribution >= 0.6 is 58.2 Å². The van der Waals surface area contributed by atoms with Gasteiger partial charge in [-0.15, -0.1) is 10.2 Å². The van der Waals surface area contributed by atoms with Crippen LogP contribution in [0.25, 0.3) is 5.69 Å². The number of rotatable bonds is 6. The van der Waals surface area contributed by atoms with Gasteiger partial charge in [-0.3, -0.25) is 4.57 Å². The van der Waals surface area contributed by atoms with E-state index in [1.165, 1.54) is 23.9 Å². The van der Waals surface area contributed by atoms with Gasteiger partial charge in [-0.2, -0.15) is 0 Å². The Morgan fingerprint density at radius 1 is 0.818 bits per heavy atom. The van der Waals surface area contributed by atoms with Crippen molar-refractivity contribution >= 4 is 58.2 Å². The van der Waals surface area contributed by atoms with Crippen LogP contribution < -0.4 is 0 Å². The highest BCUT2D eigenvalue weighted by Gasteiger charge is 2.16. The van der Waals surface area contributed by atoms with Crippen molar-refractivity contribution in [3.8, 4) is 5.69 Å². The number of thioether (sulfide) groups is 1. The van der Waals surface area contributed by atoms with Crippen LogP contribution in [0.4, 0.5) is 4.39 Å². The molecule has 0 bridgehead atoms. The van der Waals surface area contributed by atoms with E-state index in [2.05, 4.69) is 10.2 Å². The van der Waals surface area contributed by atoms with E-state index in [0.29, 0.717) is 43.2 Å². The van der Waals surface area contributed by atoms with Gasteiger partial charge in [0, 0.05) is 27.9 Å². The molecule has 4 rings (SSSR count). The molecule has 4 aromatic rings. The van der Waals surface area contributed by atoms with Crippen LogP contribution in [0.5, 0.6) is 0 Å². The highest BCUT2D eigenvalue weighted by molar-refractivity contribution is 7.98. The Kier molecular flexibility index (Phi) is 9.47. The number of halogens is 5. The second kappa shape index (κ2) is 12.1. The summed E-state index contributed by atoms with van der Waals surface area (Å²) in [7, 11) is 0. The molecular weight excluding hydrogens is 523 g/mol. The summed E-state index contributed by atoms with van der Waals surface area (Å²) < 4.78 is 15.4. The molecule has 3 aromatic carbocycles. The Labute approximate surface area is 216 Å². The van der Waals surface area contributed by atoms with E-state index in [1.807, 2.05) is 30.5 Å². The van der Waals surface area contributed by atoms with Crippen LogP contribution in [0.2, 0.25) is 20.1 Å². The van der Waals surface area contributed by atoms with Gasteiger partial charge in [0.15, 0.2) is 5.16 Å². The lowest BCUT2D eigenvalue weighted by Crippen LogP contribution is -2.04. The summed E-state index contributed by atoms with van der Waals surface area (Å²) in [5.74, 6) is 0.946. The minimum Gasteiger partial charge on any atom is -0.274 e. The quantitative estimate of drug-likeness (QED) is 0.228. The summed E-state index contributed by atoms with van der Waals surface area (Å²) in [4.78, 5) is 0. The third kappa shape index (κ3) is 6.65. The van der Waals surface area contributed by atoms with Crippen molar-refractivity contribution in [1.82, 2.24) is 14.8 Å². The lowest BCUT2D eigenvalue weighted by atomic mass is 10.1. The molecule has 0 fully saturated rings. The van der Waals surface area contributed by atoms with Gasteiger partial charge in [-0.1, -0.05) is 84.1 Å². The van der Waals surface area contributed by atoms with Crippen molar-refractivity contribution in [2.24, 2.45) is 0 Å². The van der Waals surface area contributed by atoms with Gasteiger partial charge >= 0.3 is 0 Å². The van der Waals surface area contributed by atoms with Crippen molar-refractivity contribution in [2.75, 3.05) is 0 Å². The summed E-state index contributed by atoms with van der Waals surface area (Å²) in [5, 5.41) is 11.5. The first-order chi connectivity index (χ1) is 15.9. The Morgan fingerprint density at radius 2 is 1.55 bits per heavy atom. The van der Waals surface area contributed by atoms with Gasteiger partial charge < -0.3 is 0 Å². The van der Waals surface area contributed by atoms with Gasteiger partial charge in [-0.25, -0.2) is 4.39 Å². The van der Waals surface area contributed by atoms with Crippen LogP contribution in [0, 0.1) is 5.82 Å². The van der Waals surface area contributed by atoms with Crippen molar-refractivity contribution in [2.45, 2.75) is 31.2 Å². The zero-order valence-electron chi connectivity index (χ0n) is 17.8. The molecular formula is C24H20Cl4FN3S. The number of aromatic nitrogens is 3. The van der Waals surface area contributed by atoms with Crippen molar-refractivity contribution < 1.29 is 4.39 Å². The monoisotopic (exact) mass is 541 g/mol. The molecule has 0 radical (unpaired) electrons. The third-order valence-electron chi connectivity index (χ3n) is 4.50. The molecule has 0 aliphatic rings. The second-order valence-corrected chi connectivity index (χ2v) is 9.26. The minimum atomic E-state index is -0.315. The number of benzene rings is 3. The summed E-state index contributed by atoms with van der Waals surface area (Å²) in [6.07, 6.45) is 0.476. The largest absolute Gasteiger partial charge is 0.274 e. The zero-order chi connectivity index (χ0) is 24.0. The van der Waals surface area contributed by atoms with Crippen LogP contribution in [-0.2, 0) is 12.2 Å². The summed E-state index contributed by atoms with van der Waals surface area (Å²) in [6.45, 7) is 4.00.